The van der Waals surface area contributed by atoms with E-state index in [0.29, 0.717) is 23.6 Å². The van der Waals surface area contributed by atoms with Gasteiger partial charge in [-0.1, -0.05) is 30.3 Å². The summed E-state index contributed by atoms with van der Waals surface area (Å²) in [6.07, 6.45) is 0. The lowest BCUT2D eigenvalue weighted by Gasteiger charge is -2.11. The molecule has 0 bridgehead atoms. The summed E-state index contributed by atoms with van der Waals surface area (Å²) < 4.78 is 29.9. The van der Waals surface area contributed by atoms with Crippen LogP contribution in [0.5, 0.6) is 5.75 Å². The van der Waals surface area contributed by atoms with Gasteiger partial charge in [0.2, 0.25) is 5.91 Å². The largest absolute Gasteiger partial charge is 0.492 e. The summed E-state index contributed by atoms with van der Waals surface area (Å²) >= 11 is 0. The Morgan fingerprint density at radius 2 is 1.84 bits per heavy atom. The van der Waals surface area contributed by atoms with Crippen molar-refractivity contribution in [3.63, 3.8) is 0 Å². The predicted molar refractivity (Wildman–Crippen MR) is 94.9 cm³/mol. The number of carbonyl (C=O) groups is 1. The van der Waals surface area contributed by atoms with E-state index in [4.69, 9.17) is 10.00 Å². The molecule has 0 radical (unpaired) electrons. The minimum Gasteiger partial charge on any atom is -0.492 e. The summed E-state index contributed by atoms with van der Waals surface area (Å²) in [4.78, 5) is 12.1. The van der Waals surface area contributed by atoms with E-state index in [1.165, 1.54) is 0 Å². The van der Waals surface area contributed by atoms with Crippen molar-refractivity contribution in [2.75, 3.05) is 17.7 Å². The van der Waals surface area contributed by atoms with Crippen molar-refractivity contribution in [3.05, 3.63) is 59.7 Å². The minimum absolute atomic E-state index is 0.285. The Morgan fingerprint density at radius 3 is 2.56 bits per heavy atom. The van der Waals surface area contributed by atoms with Crippen LogP contribution >= 0.6 is 0 Å². The first kappa shape index (κ1) is 18.5. The molecule has 0 aliphatic heterocycles. The molecule has 7 heteroatoms. The standard InChI is InChI=1S/C18H18N2O4S/c1-2-24-17-10-6-5-9-16(17)20-18(21)13-25(22,23)12-15-8-4-3-7-14(15)11-19/h3-10H,2,12-13H2,1H3,(H,20,21). The lowest BCUT2D eigenvalue weighted by Crippen LogP contribution is -2.24. The average Bonchev–Trinajstić information content (AvgIpc) is 2.56. The third kappa shape index (κ3) is 5.33. The van der Waals surface area contributed by atoms with Crippen molar-refractivity contribution < 1.29 is 17.9 Å². The zero-order valence-corrected chi connectivity index (χ0v) is 14.5. The van der Waals surface area contributed by atoms with Gasteiger partial charge in [0.1, 0.15) is 11.5 Å². The van der Waals surface area contributed by atoms with Crippen molar-refractivity contribution in [2.45, 2.75) is 12.7 Å². The predicted octanol–water partition coefficient (Wildman–Crippen LogP) is 2.51. The number of anilines is 1. The molecule has 25 heavy (non-hydrogen) atoms. The number of para-hydroxylation sites is 2. The van der Waals surface area contributed by atoms with Gasteiger partial charge in [0.05, 0.1) is 29.7 Å². The highest BCUT2D eigenvalue weighted by Gasteiger charge is 2.20. The van der Waals surface area contributed by atoms with E-state index in [-0.39, 0.29) is 11.3 Å². The van der Waals surface area contributed by atoms with Gasteiger partial charge in [-0.05, 0) is 30.7 Å². The van der Waals surface area contributed by atoms with Gasteiger partial charge in [-0.25, -0.2) is 8.42 Å². The lowest BCUT2D eigenvalue weighted by atomic mass is 10.1. The summed E-state index contributed by atoms with van der Waals surface area (Å²) in [7, 11) is -3.72. The number of nitrogens with zero attached hydrogens (tertiary/aromatic N) is 1. The average molecular weight is 358 g/mol. The van der Waals surface area contributed by atoms with Gasteiger partial charge in [-0.3, -0.25) is 4.79 Å². The van der Waals surface area contributed by atoms with E-state index in [2.05, 4.69) is 5.32 Å². The molecule has 6 nitrogen and oxygen atoms in total. The lowest BCUT2D eigenvalue weighted by molar-refractivity contribution is -0.113. The number of nitrogens with one attached hydrogen (secondary N) is 1. The van der Waals surface area contributed by atoms with Gasteiger partial charge in [0.15, 0.2) is 9.84 Å². The van der Waals surface area contributed by atoms with Crippen LogP contribution < -0.4 is 10.1 Å². The van der Waals surface area contributed by atoms with Crippen LogP contribution in [0.4, 0.5) is 5.69 Å². The number of hydrogen-bond acceptors (Lipinski definition) is 5. The molecule has 0 heterocycles. The van der Waals surface area contributed by atoms with Gasteiger partial charge in [0, 0.05) is 0 Å². The van der Waals surface area contributed by atoms with Crippen molar-refractivity contribution in [1.82, 2.24) is 0 Å². The fourth-order valence-electron chi connectivity index (χ4n) is 2.28. The molecule has 0 unspecified atom stereocenters. The van der Waals surface area contributed by atoms with Gasteiger partial charge < -0.3 is 10.1 Å². The van der Waals surface area contributed by atoms with Crippen LogP contribution in [0.25, 0.3) is 0 Å². The quantitative estimate of drug-likeness (QED) is 0.820. The van der Waals surface area contributed by atoms with Gasteiger partial charge in [0.25, 0.3) is 0 Å². The zero-order chi connectivity index (χ0) is 18.3. The summed E-state index contributed by atoms with van der Waals surface area (Å²) in [6.45, 7) is 2.24. The number of nitriles is 1. The number of amides is 1. The van der Waals surface area contributed by atoms with E-state index in [1.807, 2.05) is 13.0 Å². The molecule has 130 valence electrons. The van der Waals surface area contributed by atoms with E-state index >= 15 is 0 Å². The second-order valence-electron chi connectivity index (χ2n) is 5.28. The van der Waals surface area contributed by atoms with E-state index in [0.717, 1.165) is 0 Å². The molecule has 0 aliphatic rings. The molecule has 0 saturated carbocycles. The molecule has 2 aromatic rings. The summed E-state index contributed by atoms with van der Waals surface area (Å²) in [6, 6.07) is 15.2. The van der Waals surface area contributed by atoms with Crippen LogP contribution in [0.15, 0.2) is 48.5 Å². The van der Waals surface area contributed by atoms with Crippen molar-refractivity contribution >= 4 is 21.4 Å². The Labute approximate surface area is 147 Å². The van der Waals surface area contributed by atoms with Gasteiger partial charge in [-0.15, -0.1) is 0 Å². The topological polar surface area (TPSA) is 96.3 Å². The summed E-state index contributed by atoms with van der Waals surface area (Å²) in [5.41, 5.74) is 1.09. The number of carbonyl (C=O) groups excluding carboxylic acids is 1. The summed E-state index contributed by atoms with van der Waals surface area (Å²) in [5, 5.41) is 11.6. The monoisotopic (exact) mass is 358 g/mol. The normalized spacial score (nSPS) is 10.7. The Hall–Kier alpha value is -2.85. The Balaban J connectivity index is 2.08. The Morgan fingerprint density at radius 1 is 1.16 bits per heavy atom. The van der Waals surface area contributed by atoms with Crippen LogP contribution in [0.3, 0.4) is 0 Å². The molecule has 2 rings (SSSR count). The molecule has 2 aromatic carbocycles. The number of ether oxygens (including phenoxy) is 1. The molecular formula is C18H18N2O4S. The first-order chi connectivity index (χ1) is 11.9. The van der Waals surface area contributed by atoms with E-state index in [1.54, 1.807) is 48.5 Å². The Bertz CT molecular complexity index is 901. The van der Waals surface area contributed by atoms with Crippen LogP contribution in [-0.2, 0) is 20.4 Å². The minimum atomic E-state index is -3.72. The maximum atomic E-state index is 12.3. The van der Waals surface area contributed by atoms with Crippen molar-refractivity contribution in [3.8, 4) is 11.8 Å². The van der Waals surface area contributed by atoms with Crippen LogP contribution in [0.1, 0.15) is 18.1 Å². The fraction of sp³-hybridized carbons (Fsp3) is 0.222. The van der Waals surface area contributed by atoms with E-state index in [9.17, 15) is 13.2 Å². The first-order valence-corrected chi connectivity index (χ1v) is 9.47. The Kier molecular flexibility index (Phi) is 6.14. The molecule has 0 aromatic heterocycles. The second kappa shape index (κ2) is 8.31. The third-order valence-electron chi connectivity index (χ3n) is 3.33. The number of hydrogen-bond donors (Lipinski definition) is 1. The van der Waals surface area contributed by atoms with Gasteiger partial charge >= 0.3 is 0 Å². The highest BCUT2D eigenvalue weighted by atomic mass is 32.2. The first-order valence-electron chi connectivity index (χ1n) is 7.65. The van der Waals surface area contributed by atoms with Crippen molar-refractivity contribution in [1.29, 1.82) is 5.26 Å². The molecule has 0 fully saturated rings. The second-order valence-corrected chi connectivity index (χ2v) is 7.34. The molecular weight excluding hydrogens is 340 g/mol. The van der Waals surface area contributed by atoms with Crippen molar-refractivity contribution in [2.24, 2.45) is 0 Å². The molecule has 0 atom stereocenters. The van der Waals surface area contributed by atoms with Crippen LogP contribution in [0.2, 0.25) is 0 Å². The highest BCUT2D eigenvalue weighted by Crippen LogP contribution is 2.23. The van der Waals surface area contributed by atoms with Crippen LogP contribution in [0, 0.1) is 11.3 Å². The number of rotatable bonds is 7. The number of sulfone groups is 1. The fourth-order valence-corrected chi connectivity index (χ4v) is 3.58. The number of benzene rings is 2. The smallest absolute Gasteiger partial charge is 0.239 e. The SMILES string of the molecule is CCOc1ccccc1NC(=O)CS(=O)(=O)Cc1ccccc1C#N. The molecule has 0 aliphatic carbocycles. The molecule has 1 amide bonds. The molecule has 0 saturated heterocycles. The maximum absolute atomic E-state index is 12.3. The molecule has 0 spiro atoms. The molecule has 1 N–H and O–H groups in total. The maximum Gasteiger partial charge on any atom is 0.239 e. The van der Waals surface area contributed by atoms with Crippen LogP contribution in [-0.4, -0.2) is 26.7 Å². The zero-order valence-electron chi connectivity index (χ0n) is 13.7. The highest BCUT2D eigenvalue weighted by molar-refractivity contribution is 7.91. The van der Waals surface area contributed by atoms with E-state index < -0.39 is 21.5 Å². The summed E-state index contributed by atoms with van der Waals surface area (Å²) in [5.74, 6) is -1.21. The van der Waals surface area contributed by atoms with Gasteiger partial charge in [-0.2, -0.15) is 5.26 Å². The third-order valence-corrected chi connectivity index (χ3v) is 4.78.